The summed E-state index contributed by atoms with van der Waals surface area (Å²) in [6, 6.07) is 4.44. The largest absolute Gasteiger partial charge is 0.391 e. The van der Waals surface area contributed by atoms with Crippen molar-refractivity contribution in [3.05, 3.63) is 35.7 Å². The quantitative estimate of drug-likeness (QED) is 0.844. The third kappa shape index (κ3) is 3.37. The minimum Gasteiger partial charge on any atom is -0.391 e. The fourth-order valence-corrected chi connectivity index (χ4v) is 4.27. The van der Waals surface area contributed by atoms with Crippen molar-refractivity contribution in [2.45, 2.75) is 29.9 Å². The molecule has 1 heterocycles. The van der Waals surface area contributed by atoms with Crippen LogP contribution in [0, 0.1) is 6.42 Å². The van der Waals surface area contributed by atoms with E-state index in [-0.39, 0.29) is 16.5 Å². The normalized spacial score (nSPS) is 24.5. The van der Waals surface area contributed by atoms with Gasteiger partial charge in [0.2, 0.25) is 15.9 Å². The number of aliphatic hydroxyl groups is 1. The van der Waals surface area contributed by atoms with Crippen LogP contribution in [-0.4, -0.2) is 42.4 Å². The molecular weight excluding hydrogens is 316 g/mol. The summed E-state index contributed by atoms with van der Waals surface area (Å²) in [5.41, 5.74) is 5.27. The van der Waals surface area contributed by atoms with Gasteiger partial charge in [-0.25, -0.2) is 8.42 Å². The van der Waals surface area contributed by atoms with E-state index in [0.29, 0.717) is 12.8 Å². The lowest BCUT2D eigenvalue weighted by atomic mass is 10.1. The van der Waals surface area contributed by atoms with E-state index >= 15 is 0 Å². The first-order valence-corrected chi connectivity index (χ1v) is 8.24. The highest BCUT2D eigenvalue weighted by molar-refractivity contribution is 7.89. The Kier molecular flexibility index (Phi) is 4.88. The Balaban J connectivity index is 2.47. The Bertz CT molecular complexity index is 635. The number of carbonyl (C=O) groups excluding carboxylic acids is 1. The summed E-state index contributed by atoms with van der Waals surface area (Å²) in [6.07, 6.45) is 1.29. The fourth-order valence-electron chi connectivity index (χ4n) is 2.32. The van der Waals surface area contributed by atoms with Crippen LogP contribution < -0.4 is 5.73 Å². The maximum atomic E-state index is 12.7. The molecule has 1 amide bonds. The number of hydrogen-bond donors (Lipinski definition) is 2. The third-order valence-electron chi connectivity index (χ3n) is 3.32. The van der Waals surface area contributed by atoms with Crippen LogP contribution in [0.3, 0.4) is 0 Å². The lowest BCUT2D eigenvalue weighted by Gasteiger charge is -2.29. The number of halogens is 1. The lowest BCUT2D eigenvalue weighted by molar-refractivity contribution is -0.124. The number of rotatable bonds is 3. The second-order valence-corrected chi connectivity index (χ2v) is 7.12. The molecule has 3 N–H and O–H groups in total. The Morgan fingerprint density at radius 1 is 1.43 bits per heavy atom. The minimum atomic E-state index is -3.97. The number of nitrogens with two attached hydrogens (primary N) is 1. The number of hydrogen-bond acceptors (Lipinski definition) is 4. The molecule has 21 heavy (non-hydrogen) atoms. The van der Waals surface area contributed by atoms with Crippen molar-refractivity contribution < 1.29 is 18.3 Å². The molecule has 1 aliphatic heterocycles. The van der Waals surface area contributed by atoms with Crippen LogP contribution in [0.25, 0.3) is 0 Å². The molecule has 0 bridgehead atoms. The number of carbonyl (C=O) groups is 1. The summed E-state index contributed by atoms with van der Waals surface area (Å²) in [4.78, 5) is 11.6. The Labute approximate surface area is 128 Å². The van der Waals surface area contributed by atoms with Gasteiger partial charge in [-0.2, -0.15) is 4.31 Å². The maximum Gasteiger partial charge on any atom is 0.243 e. The van der Waals surface area contributed by atoms with E-state index in [1.807, 2.05) is 0 Å². The number of sulfonamides is 1. The molecule has 1 radical (unpaired) electrons. The average molecular weight is 332 g/mol. The molecule has 2 rings (SSSR count). The molecular formula is C13H16ClN2O4S. The molecule has 115 valence electrons. The predicted octanol–water partition coefficient (Wildman–Crippen LogP) is 0.544. The van der Waals surface area contributed by atoms with Gasteiger partial charge in [-0.15, -0.1) is 0 Å². The standard InChI is InChI=1S/C13H16ClN2O4S/c14-9-4-3-5-10(8-9)21(19,20)16-7-2-1-6-11(17)12(16)13(15)18/h3-6,8,11-12,17H,1-2,7H2,(H2,15,18). The zero-order valence-electron chi connectivity index (χ0n) is 11.1. The number of nitrogens with zero attached hydrogens (tertiary/aromatic N) is 1. The first kappa shape index (κ1) is 16.2. The lowest BCUT2D eigenvalue weighted by Crippen LogP contribution is -2.53. The highest BCUT2D eigenvalue weighted by Gasteiger charge is 2.40. The first-order chi connectivity index (χ1) is 9.84. The highest BCUT2D eigenvalue weighted by Crippen LogP contribution is 2.26. The molecule has 0 spiro atoms. The molecule has 1 saturated heterocycles. The highest BCUT2D eigenvalue weighted by atomic mass is 35.5. The zero-order chi connectivity index (χ0) is 15.6. The van der Waals surface area contributed by atoms with Crippen LogP contribution >= 0.6 is 11.6 Å². The molecule has 0 saturated carbocycles. The summed E-state index contributed by atoms with van der Waals surface area (Å²) in [7, 11) is -3.97. The maximum absolute atomic E-state index is 12.7. The van der Waals surface area contributed by atoms with Crippen molar-refractivity contribution in [3.63, 3.8) is 0 Å². The van der Waals surface area contributed by atoms with Crippen LogP contribution in [0.4, 0.5) is 0 Å². The van der Waals surface area contributed by atoms with Crippen LogP contribution in [0.5, 0.6) is 0 Å². The number of primary amides is 1. The van der Waals surface area contributed by atoms with Crippen molar-refractivity contribution in [3.8, 4) is 0 Å². The number of amides is 1. The van der Waals surface area contributed by atoms with Crippen LogP contribution in [-0.2, 0) is 14.8 Å². The van der Waals surface area contributed by atoms with E-state index in [2.05, 4.69) is 0 Å². The van der Waals surface area contributed by atoms with E-state index in [1.165, 1.54) is 24.6 Å². The summed E-state index contributed by atoms with van der Waals surface area (Å²) >= 11 is 5.82. The molecule has 0 aliphatic carbocycles. The second-order valence-electron chi connectivity index (χ2n) is 4.79. The van der Waals surface area contributed by atoms with Crippen LogP contribution in [0.2, 0.25) is 5.02 Å². The molecule has 8 heteroatoms. The van der Waals surface area contributed by atoms with Gasteiger partial charge in [0.05, 0.1) is 11.0 Å². The zero-order valence-corrected chi connectivity index (χ0v) is 12.7. The van der Waals surface area contributed by atoms with E-state index < -0.39 is 28.1 Å². The first-order valence-electron chi connectivity index (χ1n) is 6.42. The van der Waals surface area contributed by atoms with E-state index in [4.69, 9.17) is 17.3 Å². The van der Waals surface area contributed by atoms with Gasteiger partial charge in [-0.05, 0) is 37.5 Å². The molecule has 1 aromatic rings. The third-order valence-corrected chi connectivity index (χ3v) is 5.43. The van der Waals surface area contributed by atoms with Crippen LogP contribution in [0.15, 0.2) is 29.2 Å². The van der Waals surface area contributed by atoms with Crippen molar-refractivity contribution in [2.24, 2.45) is 5.73 Å². The summed E-state index contributed by atoms with van der Waals surface area (Å²) in [6.45, 7) is 0.107. The fraction of sp³-hybridized carbons (Fsp3) is 0.385. The van der Waals surface area contributed by atoms with Gasteiger partial charge in [0.15, 0.2) is 0 Å². The monoisotopic (exact) mass is 331 g/mol. The van der Waals surface area contributed by atoms with Gasteiger partial charge in [0.1, 0.15) is 6.04 Å². The molecule has 1 aliphatic rings. The van der Waals surface area contributed by atoms with Gasteiger partial charge in [-0.3, -0.25) is 4.79 Å². The minimum absolute atomic E-state index is 0.0321. The molecule has 2 atom stereocenters. The molecule has 1 fully saturated rings. The topological polar surface area (TPSA) is 101 Å². The van der Waals surface area contributed by atoms with E-state index in [9.17, 15) is 18.3 Å². The smallest absolute Gasteiger partial charge is 0.243 e. The molecule has 0 aromatic heterocycles. The number of benzene rings is 1. The average Bonchev–Trinajstić information content (AvgIpc) is 2.60. The van der Waals surface area contributed by atoms with Crippen molar-refractivity contribution >= 4 is 27.5 Å². The summed E-state index contributed by atoms with van der Waals surface area (Å²) in [5.74, 6) is -0.883. The molecule has 6 nitrogen and oxygen atoms in total. The summed E-state index contributed by atoms with van der Waals surface area (Å²) < 4.78 is 26.3. The van der Waals surface area contributed by atoms with Crippen molar-refractivity contribution in [2.75, 3.05) is 6.54 Å². The number of aliphatic hydroxyl groups excluding tert-OH is 1. The Morgan fingerprint density at radius 2 is 2.14 bits per heavy atom. The van der Waals surface area contributed by atoms with Gasteiger partial charge in [-0.1, -0.05) is 17.7 Å². The van der Waals surface area contributed by atoms with Crippen molar-refractivity contribution in [1.29, 1.82) is 0 Å². The van der Waals surface area contributed by atoms with Gasteiger partial charge >= 0.3 is 0 Å². The Hall–Kier alpha value is -1.15. The second kappa shape index (κ2) is 6.31. The van der Waals surface area contributed by atoms with E-state index in [0.717, 1.165) is 4.31 Å². The van der Waals surface area contributed by atoms with Crippen LogP contribution in [0.1, 0.15) is 12.8 Å². The molecule has 1 aromatic carbocycles. The Morgan fingerprint density at radius 3 is 2.76 bits per heavy atom. The predicted molar refractivity (Wildman–Crippen MR) is 77.9 cm³/mol. The SMILES string of the molecule is NC(=O)C1C(O)[CH]CCCN1S(=O)(=O)c1cccc(Cl)c1. The van der Waals surface area contributed by atoms with Gasteiger partial charge < -0.3 is 10.8 Å². The van der Waals surface area contributed by atoms with Gasteiger partial charge in [0, 0.05) is 11.6 Å². The van der Waals surface area contributed by atoms with E-state index in [1.54, 1.807) is 6.07 Å². The van der Waals surface area contributed by atoms with Crippen molar-refractivity contribution in [1.82, 2.24) is 4.31 Å². The summed E-state index contributed by atoms with van der Waals surface area (Å²) in [5, 5.41) is 10.2. The van der Waals surface area contributed by atoms with Gasteiger partial charge in [0.25, 0.3) is 0 Å². The molecule has 2 unspecified atom stereocenters.